The number of aromatic nitrogens is 3. The van der Waals surface area contributed by atoms with E-state index in [0.717, 1.165) is 0 Å². The summed E-state index contributed by atoms with van der Waals surface area (Å²) >= 11 is 0. The second-order valence-corrected chi connectivity index (χ2v) is 4.92. The monoisotopic (exact) mass is 263 g/mol. The molecular weight excluding hydrogens is 246 g/mol. The molecule has 0 aliphatic carbocycles. The van der Waals surface area contributed by atoms with E-state index >= 15 is 0 Å². The number of benzene rings is 1. The van der Waals surface area contributed by atoms with Gasteiger partial charge in [-0.15, -0.1) is 5.10 Å². The van der Waals surface area contributed by atoms with Crippen LogP contribution in [0.1, 0.15) is 31.1 Å². The third-order valence-electron chi connectivity index (χ3n) is 2.83. The van der Waals surface area contributed by atoms with Gasteiger partial charge in [-0.25, -0.2) is 9.48 Å². The zero-order valence-electron chi connectivity index (χ0n) is 11.3. The predicted octanol–water partition coefficient (Wildman–Crippen LogP) is 1.94. The number of hydrogen-bond acceptors (Lipinski definition) is 4. The second kappa shape index (κ2) is 4.97. The topological polar surface area (TPSA) is 77.2 Å². The summed E-state index contributed by atoms with van der Waals surface area (Å²) in [5, 5.41) is 17.3. The Balaban J connectivity index is 2.47. The second-order valence-electron chi connectivity index (χ2n) is 4.92. The summed E-state index contributed by atoms with van der Waals surface area (Å²) in [5.74, 6) is -0.983. The van der Waals surface area contributed by atoms with Crippen molar-refractivity contribution in [3.05, 3.63) is 23.8 Å². The van der Waals surface area contributed by atoms with Crippen LogP contribution in [0.15, 0.2) is 18.2 Å². The van der Waals surface area contributed by atoms with Crippen molar-refractivity contribution in [1.82, 2.24) is 15.0 Å². The summed E-state index contributed by atoms with van der Waals surface area (Å²) in [6, 6.07) is 4.97. The van der Waals surface area contributed by atoms with Crippen LogP contribution in [-0.2, 0) is 11.3 Å². The Morgan fingerprint density at radius 2 is 2.21 bits per heavy atom. The molecule has 0 bridgehead atoms. The Morgan fingerprint density at radius 1 is 1.47 bits per heavy atom. The molecule has 1 aromatic carbocycles. The van der Waals surface area contributed by atoms with E-state index in [-0.39, 0.29) is 5.56 Å². The number of hydrogen-bond donors (Lipinski definition) is 1. The number of ether oxygens (including phenoxy) is 1. The molecule has 6 nitrogen and oxygen atoms in total. The van der Waals surface area contributed by atoms with Crippen molar-refractivity contribution in [3.8, 4) is 0 Å². The van der Waals surface area contributed by atoms with Crippen LogP contribution in [0.3, 0.4) is 0 Å². The van der Waals surface area contributed by atoms with Crippen molar-refractivity contribution >= 4 is 17.0 Å². The lowest BCUT2D eigenvalue weighted by Crippen LogP contribution is -2.31. The van der Waals surface area contributed by atoms with E-state index in [2.05, 4.69) is 10.3 Å². The molecule has 0 radical (unpaired) electrons. The van der Waals surface area contributed by atoms with Gasteiger partial charge >= 0.3 is 5.97 Å². The van der Waals surface area contributed by atoms with E-state index in [1.165, 1.54) is 0 Å². The molecule has 0 fully saturated rings. The minimum Gasteiger partial charge on any atom is -0.478 e. The van der Waals surface area contributed by atoms with Crippen molar-refractivity contribution in [2.45, 2.75) is 32.9 Å². The SMILES string of the molecule is CCOC(C)(C)Cn1nnc2cccc(C(=O)O)c21. The molecule has 0 saturated carbocycles. The lowest BCUT2D eigenvalue weighted by molar-refractivity contribution is -0.0242. The zero-order chi connectivity index (χ0) is 14.0. The van der Waals surface area contributed by atoms with Crippen molar-refractivity contribution in [2.75, 3.05) is 6.61 Å². The van der Waals surface area contributed by atoms with Crippen LogP contribution in [0.2, 0.25) is 0 Å². The molecule has 1 N–H and O–H groups in total. The minimum absolute atomic E-state index is 0.204. The number of nitrogens with zero attached hydrogens (tertiary/aromatic N) is 3. The average molecular weight is 263 g/mol. The van der Waals surface area contributed by atoms with Crippen LogP contribution in [-0.4, -0.2) is 38.3 Å². The molecule has 2 aromatic rings. The Labute approximate surface area is 111 Å². The van der Waals surface area contributed by atoms with Crippen molar-refractivity contribution in [1.29, 1.82) is 0 Å². The number of carbonyl (C=O) groups is 1. The van der Waals surface area contributed by atoms with E-state index in [0.29, 0.717) is 24.2 Å². The van der Waals surface area contributed by atoms with Crippen LogP contribution >= 0.6 is 0 Å². The molecule has 1 aromatic heterocycles. The van der Waals surface area contributed by atoms with Crippen LogP contribution < -0.4 is 0 Å². The van der Waals surface area contributed by atoms with Gasteiger partial charge in [-0.3, -0.25) is 0 Å². The zero-order valence-corrected chi connectivity index (χ0v) is 11.3. The average Bonchev–Trinajstić information content (AvgIpc) is 2.71. The first kappa shape index (κ1) is 13.5. The Bertz CT molecular complexity index is 604. The van der Waals surface area contributed by atoms with Crippen LogP contribution in [0.5, 0.6) is 0 Å². The van der Waals surface area contributed by atoms with Crippen LogP contribution in [0.25, 0.3) is 11.0 Å². The molecule has 0 atom stereocenters. The third kappa shape index (κ3) is 2.73. The summed E-state index contributed by atoms with van der Waals surface area (Å²) in [6.07, 6.45) is 0. The predicted molar refractivity (Wildman–Crippen MR) is 70.2 cm³/mol. The molecule has 1 heterocycles. The number of fused-ring (bicyclic) bond motifs is 1. The molecule has 0 amide bonds. The first-order valence-corrected chi connectivity index (χ1v) is 6.14. The highest BCUT2D eigenvalue weighted by Gasteiger charge is 2.22. The number of aromatic carboxylic acids is 1. The maximum Gasteiger partial charge on any atom is 0.337 e. The van der Waals surface area contributed by atoms with Gasteiger partial charge in [0.05, 0.1) is 17.7 Å². The maximum atomic E-state index is 11.3. The molecule has 0 aliphatic rings. The number of rotatable bonds is 5. The fourth-order valence-corrected chi connectivity index (χ4v) is 2.11. The standard InChI is InChI=1S/C13H17N3O3/c1-4-19-13(2,3)8-16-11-9(12(17)18)6-5-7-10(11)14-15-16/h5-7H,4,8H2,1-3H3,(H,17,18). The Kier molecular flexibility index (Phi) is 3.53. The van der Waals surface area contributed by atoms with Crippen molar-refractivity contribution < 1.29 is 14.6 Å². The smallest absolute Gasteiger partial charge is 0.337 e. The summed E-state index contributed by atoms with van der Waals surface area (Å²) in [6.45, 7) is 6.83. The summed E-state index contributed by atoms with van der Waals surface area (Å²) in [7, 11) is 0. The number of para-hydroxylation sites is 1. The molecule has 0 unspecified atom stereocenters. The van der Waals surface area contributed by atoms with Crippen LogP contribution in [0.4, 0.5) is 0 Å². The van der Waals surface area contributed by atoms with Crippen LogP contribution in [0, 0.1) is 0 Å². The van der Waals surface area contributed by atoms with E-state index in [9.17, 15) is 9.90 Å². The minimum atomic E-state index is -0.983. The van der Waals surface area contributed by atoms with Gasteiger partial charge in [-0.2, -0.15) is 0 Å². The first-order valence-electron chi connectivity index (χ1n) is 6.14. The highest BCUT2D eigenvalue weighted by molar-refractivity contribution is 6.00. The molecule has 0 spiro atoms. The molecular formula is C13H17N3O3. The summed E-state index contributed by atoms with van der Waals surface area (Å²) in [4.78, 5) is 11.3. The van der Waals surface area contributed by atoms with Gasteiger partial charge in [-0.1, -0.05) is 11.3 Å². The van der Waals surface area contributed by atoms with Gasteiger partial charge in [0.25, 0.3) is 0 Å². The largest absolute Gasteiger partial charge is 0.478 e. The normalized spacial score (nSPS) is 11.9. The summed E-state index contributed by atoms with van der Waals surface area (Å²) in [5.41, 5.74) is 0.880. The van der Waals surface area contributed by atoms with Gasteiger partial charge in [0, 0.05) is 6.61 Å². The van der Waals surface area contributed by atoms with E-state index in [4.69, 9.17) is 4.74 Å². The molecule has 0 aliphatic heterocycles. The number of carboxylic acids is 1. The lowest BCUT2D eigenvalue weighted by Gasteiger charge is -2.24. The highest BCUT2D eigenvalue weighted by Crippen LogP contribution is 2.20. The van der Waals surface area contributed by atoms with Crippen molar-refractivity contribution in [2.24, 2.45) is 0 Å². The van der Waals surface area contributed by atoms with E-state index < -0.39 is 11.6 Å². The fraction of sp³-hybridized carbons (Fsp3) is 0.462. The Morgan fingerprint density at radius 3 is 2.84 bits per heavy atom. The maximum absolute atomic E-state index is 11.3. The van der Waals surface area contributed by atoms with Gasteiger partial charge in [0.2, 0.25) is 0 Å². The van der Waals surface area contributed by atoms with Gasteiger partial charge < -0.3 is 9.84 Å². The summed E-state index contributed by atoms with van der Waals surface area (Å²) < 4.78 is 7.21. The quantitative estimate of drug-likeness (QED) is 0.892. The fourth-order valence-electron chi connectivity index (χ4n) is 2.11. The molecule has 2 rings (SSSR count). The first-order chi connectivity index (χ1) is 8.94. The molecule has 19 heavy (non-hydrogen) atoms. The van der Waals surface area contributed by atoms with Crippen molar-refractivity contribution in [3.63, 3.8) is 0 Å². The van der Waals surface area contributed by atoms with E-state index in [1.54, 1.807) is 22.9 Å². The highest BCUT2D eigenvalue weighted by atomic mass is 16.5. The van der Waals surface area contributed by atoms with Gasteiger partial charge in [-0.05, 0) is 32.9 Å². The van der Waals surface area contributed by atoms with Gasteiger partial charge in [0.1, 0.15) is 11.0 Å². The molecule has 102 valence electrons. The Hall–Kier alpha value is -1.95. The van der Waals surface area contributed by atoms with Gasteiger partial charge in [0.15, 0.2) is 0 Å². The molecule has 6 heteroatoms. The lowest BCUT2D eigenvalue weighted by atomic mass is 10.1. The number of carboxylic acid groups (broad SMARTS) is 1. The third-order valence-corrected chi connectivity index (χ3v) is 2.83. The molecule has 0 saturated heterocycles. The van der Waals surface area contributed by atoms with E-state index in [1.807, 2.05) is 20.8 Å².